The molecule has 0 aliphatic heterocycles. The lowest BCUT2D eigenvalue weighted by Crippen LogP contribution is -2.30. The molecule has 2 unspecified atom stereocenters. The molecule has 5 atom stereocenters. The van der Waals surface area contributed by atoms with E-state index in [0.717, 1.165) is 114 Å². The van der Waals surface area contributed by atoms with E-state index in [4.69, 9.17) is 37.0 Å². The Labute approximate surface area is 613 Å². The summed E-state index contributed by atoms with van der Waals surface area (Å²) in [5, 5.41) is 10.6. The van der Waals surface area contributed by atoms with Gasteiger partial charge in [-0.25, -0.2) is 9.13 Å². The van der Waals surface area contributed by atoms with E-state index in [9.17, 15) is 43.2 Å². The van der Waals surface area contributed by atoms with Crippen molar-refractivity contribution in [3.63, 3.8) is 0 Å². The number of carbonyl (C=O) groups is 4. The van der Waals surface area contributed by atoms with E-state index in [-0.39, 0.29) is 25.7 Å². The molecule has 3 N–H and O–H groups in total. The van der Waals surface area contributed by atoms with E-state index in [1.165, 1.54) is 225 Å². The number of carbonyl (C=O) groups excluding carboxylic acids is 4. The Morgan fingerprint density at radius 1 is 0.270 bits per heavy atom. The van der Waals surface area contributed by atoms with Crippen LogP contribution in [0.3, 0.4) is 0 Å². The quantitative estimate of drug-likeness (QED) is 0.0222. The van der Waals surface area contributed by atoms with Crippen LogP contribution in [0.5, 0.6) is 0 Å². The van der Waals surface area contributed by atoms with Crippen molar-refractivity contribution in [3.8, 4) is 0 Å². The summed E-state index contributed by atoms with van der Waals surface area (Å²) in [6, 6.07) is 0. The molecule has 17 nitrogen and oxygen atoms in total. The lowest BCUT2D eigenvalue weighted by molar-refractivity contribution is -0.161. The van der Waals surface area contributed by atoms with Gasteiger partial charge in [0.05, 0.1) is 26.4 Å². The van der Waals surface area contributed by atoms with E-state index in [2.05, 4.69) is 48.5 Å². The van der Waals surface area contributed by atoms with Crippen molar-refractivity contribution in [3.05, 3.63) is 0 Å². The second-order valence-electron chi connectivity index (χ2n) is 30.6. The first-order valence-corrected chi connectivity index (χ1v) is 44.8. The average molecular weight is 1470 g/mol. The fourth-order valence-electron chi connectivity index (χ4n) is 12.5. The minimum absolute atomic E-state index is 0.107. The van der Waals surface area contributed by atoms with Gasteiger partial charge in [0.15, 0.2) is 12.2 Å². The van der Waals surface area contributed by atoms with Crippen molar-refractivity contribution in [2.24, 2.45) is 17.8 Å². The lowest BCUT2D eigenvalue weighted by Gasteiger charge is -2.21. The normalized spacial score (nSPS) is 14.0. The summed E-state index contributed by atoms with van der Waals surface area (Å²) in [5.74, 6) is 0.295. The maximum atomic E-state index is 13.1. The van der Waals surface area contributed by atoms with Crippen LogP contribution in [0, 0.1) is 17.8 Å². The smallest absolute Gasteiger partial charge is 0.462 e. The molecule has 0 heterocycles. The zero-order valence-electron chi connectivity index (χ0n) is 65.7. The Hall–Kier alpha value is -1.94. The number of hydrogen-bond acceptors (Lipinski definition) is 15. The third-order valence-corrected chi connectivity index (χ3v) is 20.8. The van der Waals surface area contributed by atoms with Gasteiger partial charge < -0.3 is 33.8 Å². The molecule has 0 aliphatic rings. The van der Waals surface area contributed by atoms with Crippen LogP contribution >= 0.6 is 15.6 Å². The molecular weight excluding hydrogens is 1310 g/mol. The first-order chi connectivity index (χ1) is 48.2. The first-order valence-electron chi connectivity index (χ1n) is 41.8. The highest BCUT2D eigenvalue weighted by Crippen LogP contribution is 2.45. The van der Waals surface area contributed by atoms with Crippen molar-refractivity contribution in [2.45, 2.75) is 439 Å². The summed E-state index contributed by atoms with van der Waals surface area (Å²) in [4.78, 5) is 72.7. The minimum Gasteiger partial charge on any atom is -0.462 e. The predicted molar refractivity (Wildman–Crippen MR) is 409 cm³/mol. The van der Waals surface area contributed by atoms with Crippen LogP contribution in [0.15, 0.2) is 0 Å². The van der Waals surface area contributed by atoms with Crippen LogP contribution < -0.4 is 0 Å². The standard InChI is InChI=1S/C81H158O17P2/c1-8-9-10-45-55-62-78(83)91-68-76(97-80(85)64-57-51-44-38-32-26-20-19-23-29-35-41-48-54-61-74(6)7)70-95-99(87,88)93-66-75(82)67-94-100(89,90)96-71-77(98-81(86)65-58-50-43-37-31-25-18-14-12-16-22-28-34-40-47-53-60-73(4)5)69-92-79(84)63-56-49-42-36-30-24-17-13-11-15-21-27-33-39-46-52-59-72(2)3/h72-77,82H,8-71H2,1-7H3,(H,87,88)(H,89,90)/t75-,76+,77+/m0/s1. The van der Waals surface area contributed by atoms with Crippen LogP contribution in [0.25, 0.3) is 0 Å². The van der Waals surface area contributed by atoms with Gasteiger partial charge in [-0.05, 0) is 43.4 Å². The molecule has 19 heteroatoms. The van der Waals surface area contributed by atoms with Gasteiger partial charge in [0.1, 0.15) is 19.3 Å². The van der Waals surface area contributed by atoms with E-state index >= 15 is 0 Å². The molecule has 594 valence electrons. The van der Waals surface area contributed by atoms with Crippen molar-refractivity contribution >= 4 is 39.5 Å². The van der Waals surface area contributed by atoms with Gasteiger partial charge in [0, 0.05) is 25.7 Å². The van der Waals surface area contributed by atoms with Crippen LogP contribution in [-0.4, -0.2) is 96.7 Å². The zero-order valence-corrected chi connectivity index (χ0v) is 67.5. The zero-order chi connectivity index (χ0) is 73.7. The van der Waals surface area contributed by atoms with Crippen molar-refractivity contribution in [1.29, 1.82) is 0 Å². The van der Waals surface area contributed by atoms with Crippen LogP contribution in [0.1, 0.15) is 421 Å². The second-order valence-corrected chi connectivity index (χ2v) is 33.5. The Kier molecular flexibility index (Phi) is 69.9. The number of esters is 4. The van der Waals surface area contributed by atoms with Gasteiger partial charge in [-0.3, -0.25) is 37.3 Å². The summed E-state index contributed by atoms with van der Waals surface area (Å²) in [6.07, 6.45) is 60.1. The highest BCUT2D eigenvalue weighted by atomic mass is 31.2. The Morgan fingerprint density at radius 3 is 0.680 bits per heavy atom. The van der Waals surface area contributed by atoms with Crippen molar-refractivity contribution in [1.82, 2.24) is 0 Å². The molecule has 0 aliphatic carbocycles. The summed E-state index contributed by atoms with van der Waals surface area (Å²) in [7, 11) is -9.91. The number of unbranched alkanes of at least 4 members (excludes halogenated alkanes) is 47. The number of phosphoric acid groups is 2. The molecule has 0 bridgehead atoms. The fraction of sp³-hybridized carbons (Fsp3) is 0.951. The monoisotopic (exact) mass is 1470 g/mol. The highest BCUT2D eigenvalue weighted by Gasteiger charge is 2.30. The Balaban J connectivity index is 5.12. The molecule has 0 fully saturated rings. The third-order valence-electron chi connectivity index (χ3n) is 18.9. The highest BCUT2D eigenvalue weighted by molar-refractivity contribution is 7.47. The molecule has 0 amide bonds. The molecule has 0 aromatic carbocycles. The maximum absolute atomic E-state index is 13.1. The van der Waals surface area contributed by atoms with Gasteiger partial charge in [-0.1, -0.05) is 370 Å². The molecular formula is C81H158O17P2. The molecule has 0 rings (SSSR count). The maximum Gasteiger partial charge on any atom is 0.472 e. The Morgan fingerprint density at radius 2 is 0.460 bits per heavy atom. The summed E-state index contributed by atoms with van der Waals surface area (Å²) in [5.41, 5.74) is 0. The number of phosphoric ester groups is 2. The number of rotatable bonds is 79. The van der Waals surface area contributed by atoms with Crippen LogP contribution in [0.2, 0.25) is 0 Å². The minimum atomic E-state index is -4.96. The fourth-order valence-corrected chi connectivity index (χ4v) is 14.1. The first kappa shape index (κ1) is 98.1. The molecule has 0 aromatic heterocycles. The van der Waals surface area contributed by atoms with Gasteiger partial charge in [-0.15, -0.1) is 0 Å². The van der Waals surface area contributed by atoms with E-state index in [0.29, 0.717) is 25.7 Å². The summed E-state index contributed by atoms with van der Waals surface area (Å²) >= 11 is 0. The number of hydrogen-bond donors (Lipinski definition) is 3. The molecule has 100 heavy (non-hydrogen) atoms. The third kappa shape index (κ3) is 74.3. The molecule has 0 spiro atoms. The van der Waals surface area contributed by atoms with E-state index in [1.807, 2.05) is 0 Å². The van der Waals surface area contributed by atoms with Gasteiger partial charge in [-0.2, -0.15) is 0 Å². The van der Waals surface area contributed by atoms with E-state index < -0.39 is 97.5 Å². The molecule has 0 saturated heterocycles. The van der Waals surface area contributed by atoms with Crippen molar-refractivity contribution in [2.75, 3.05) is 39.6 Å². The van der Waals surface area contributed by atoms with Crippen molar-refractivity contribution < 1.29 is 80.2 Å². The van der Waals surface area contributed by atoms with Crippen LogP contribution in [-0.2, 0) is 65.4 Å². The van der Waals surface area contributed by atoms with E-state index in [1.54, 1.807) is 0 Å². The SMILES string of the molecule is CCCCCCCC(=O)OC[C@H](COP(=O)(O)OC[C@H](O)COP(=O)(O)OC[C@@H](COC(=O)CCCCCCCCCCCCCCCCCCC(C)C)OC(=O)CCCCCCCCCCCCCCCCCCC(C)C)OC(=O)CCCCCCCCCCCCCCCCC(C)C. The Bertz CT molecular complexity index is 1940. The predicted octanol–water partition coefficient (Wildman–Crippen LogP) is 24.1. The second kappa shape index (κ2) is 71.3. The number of aliphatic hydroxyl groups is 1. The van der Waals surface area contributed by atoms with Gasteiger partial charge >= 0.3 is 39.5 Å². The molecule has 0 aromatic rings. The molecule has 0 saturated carbocycles. The lowest BCUT2D eigenvalue weighted by atomic mass is 10.0. The topological polar surface area (TPSA) is 237 Å². The molecule has 0 radical (unpaired) electrons. The average Bonchev–Trinajstić information content (AvgIpc) is 0.915. The summed E-state index contributed by atoms with van der Waals surface area (Å²) in [6.45, 7) is 11.9. The summed E-state index contributed by atoms with van der Waals surface area (Å²) < 4.78 is 68.5. The van der Waals surface area contributed by atoms with Crippen LogP contribution in [0.4, 0.5) is 0 Å². The number of ether oxygens (including phenoxy) is 4. The van der Waals surface area contributed by atoms with Gasteiger partial charge in [0.2, 0.25) is 0 Å². The largest absolute Gasteiger partial charge is 0.472 e. The van der Waals surface area contributed by atoms with Gasteiger partial charge in [0.25, 0.3) is 0 Å². The number of aliphatic hydroxyl groups excluding tert-OH is 1.